The van der Waals surface area contributed by atoms with Gasteiger partial charge >= 0.3 is 0 Å². The van der Waals surface area contributed by atoms with Crippen LogP contribution in [0.3, 0.4) is 0 Å². The minimum absolute atomic E-state index is 0.0308. The molecule has 96 valence electrons. The molecule has 1 nitrogen and oxygen atoms in total. The Kier molecular flexibility index (Phi) is 5.56. The second-order valence-electron chi connectivity index (χ2n) is 4.48. The topological polar surface area (TPSA) is 12.0 Å². The van der Waals surface area contributed by atoms with Crippen molar-refractivity contribution >= 4 is 0 Å². The summed E-state index contributed by atoms with van der Waals surface area (Å²) in [6.45, 7) is 6.19. The van der Waals surface area contributed by atoms with Crippen LogP contribution >= 0.6 is 0 Å². The van der Waals surface area contributed by atoms with E-state index in [2.05, 4.69) is 19.2 Å². The summed E-state index contributed by atoms with van der Waals surface area (Å²) in [4.78, 5) is 0. The number of rotatable bonds is 6. The van der Waals surface area contributed by atoms with Gasteiger partial charge in [0.2, 0.25) is 0 Å². The molecule has 0 aliphatic heterocycles. The van der Waals surface area contributed by atoms with Crippen LogP contribution in [-0.2, 0) is 0 Å². The van der Waals surface area contributed by atoms with E-state index in [4.69, 9.17) is 0 Å². The first kappa shape index (κ1) is 14.1. The second kappa shape index (κ2) is 6.70. The van der Waals surface area contributed by atoms with E-state index in [1.54, 1.807) is 0 Å². The highest BCUT2D eigenvalue weighted by Gasteiger charge is 2.12. The van der Waals surface area contributed by atoms with Crippen molar-refractivity contribution < 1.29 is 8.78 Å². The molecule has 2 unspecified atom stereocenters. The summed E-state index contributed by atoms with van der Waals surface area (Å²) < 4.78 is 26.2. The molecule has 17 heavy (non-hydrogen) atoms. The van der Waals surface area contributed by atoms with Crippen LogP contribution in [-0.4, -0.2) is 6.04 Å². The van der Waals surface area contributed by atoms with E-state index in [1.807, 2.05) is 6.92 Å². The largest absolute Gasteiger partial charge is 0.307 e. The summed E-state index contributed by atoms with van der Waals surface area (Å²) in [5.74, 6) is -1.03. The fraction of sp³-hybridized carbons (Fsp3) is 0.571. The monoisotopic (exact) mass is 241 g/mol. The van der Waals surface area contributed by atoms with Gasteiger partial charge in [0.15, 0.2) is 0 Å². The van der Waals surface area contributed by atoms with Gasteiger partial charge < -0.3 is 5.32 Å². The average molecular weight is 241 g/mol. The molecule has 0 aliphatic rings. The molecule has 0 bridgehead atoms. The maximum absolute atomic E-state index is 13.1. The number of benzene rings is 1. The van der Waals surface area contributed by atoms with Gasteiger partial charge in [0.1, 0.15) is 11.6 Å². The Morgan fingerprint density at radius 2 is 1.71 bits per heavy atom. The van der Waals surface area contributed by atoms with E-state index in [9.17, 15) is 8.78 Å². The van der Waals surface area contributed by atoms with Crippen molar-refractivity contribution in [2.75, 3.05) is 0 Å². The molecular weight excluding hydrogens is 220 g/mol. The molecule has 0 heterocycles. The summed E-state index contributed by atoms with van der Waals surface area (Å²) in [5.41, 5.74) is 0.664. The number of hydrogen-bond donors (Lipinski definition) is 1. The second-order valence-corrected chi connectivity index (χ2v) is 4.48. The zero-order valence-corrected chi connectivity index (χ0v) is 10.8. The maximum atomic E-state index is 13.1. The van der Waals surface area contributed by atoms with Gasteiger partial charge in [-0.05, 0) is 37.5 Å². The Morgan fingerprint density at radius 1 is 1.12 bits per heavy atom. The molecule has 0 saturated heterocycles. The fourth-order valence-corrected chi connectivity index (χ4v) is 2.03. The summed E-state index contributed by atoms with van der Waals surface area (Å²) in [6.07, 6.45) is 3.21. The number of hydrogen-bond acceptors (Lipinski definition) is 1. The Labute approximate surface area is 102 Å². The van der Waals surface area contributed by atoms with Crippen molar-refractivity contribution in [1.82, 2.24) is 5.32 Å². The highest BCUT2D eigenvalue weighted by Crippen LogP contribution is 2.17. The Balaban J connectivity index is 2.71. The van der Waals surface area contributed by atoms with Crippen molar-refractivity contribution in [1.29, 1.82) is 0 Å². The molecule has 1 aromatic carbocycles. The predicted octanol–water partition coefficient (Wildman–Crippen LogP) is 4.19. The molecule has 0 fully saturated rings. The van der Waals surface area contributed by atoms with Crippen molar-refractivity contribution in [3.63, 3.8) is 0 Å². The highest BCUT2D eigenvalue weighted by molar-refractivity contribution is 5.21. The summed E-state index contributed by atoms with van der Waals surface area (Å²) >= 11 is 0. The van der Waals surface area contributed by atoms with E-state index in [0.29, 0.717) is 11.6 Å². The average Bonchev–Trinajstić information content (AvgIpc) is 2.27. The molecule has 1 aromatic rings. The third-order valence-electron chi connectivity index (χ3n) is 3.00. The third kappa shape index (κ3) is 4.43. The van der Waals surface area contributed by atoms with Crippen LogP contribution in [0.4, 0.5) is 8.78 Å². The molecule has 0 aromatic heterocycles. The van der Waals surface area contributed by atoms with Gasteiger partial charge in [-0.25, -0.2) is 8.78 Å². The summed E-state index contributed by atoms with van der Waals surface area (Å²) in [5, 5.41) is 3.40. The predicted molar refractivity (Wildman–Crippen MR) is 66.9 cm³/mol. The third-order valence-corrected chi connectivity index (χ3v) is 3.00. The van der Waals surface area contributed by atoms with E-state index in [1.165, 1.54) is 12.1 Å². The fourth-order valence-electron chi connectivity index (χ4n) is 2.03. The van der Waals surface area contributed by atoms with Crippen LogP contribution in [0.2, 0.25) is 0 Å². The molecule has 0 saturated carbocycles. The minimum atomic E-state index is -0.516. The van der Waals surface area contributed by atoms with Gasteiger partial charge in [0.05, 0.1) is 0 Å². The molecule has 1 rings (SSSR count). The van der Waals surface area contributed by atoms with Gasteiger partial charge in [-0.15, -0.1) is 0 Å². The van der Waals surface area contributed by atoms with Gasteiger partial charge in [-0.2, -0.15) is 0 Å². The lowest BCUT2D eigenvalue weighted by atomic mass is 10.0. The number of nitrogens with one attached hydrogen (secondary N) is 1. The van der Waals surface area contributed by atoms with Crippen LogP contribution in [0.5, 0.6) is 0 Å². The molecule has 0 radical (unpaired) electrons. The van der Waals surface area contributed by atoms with Crippen LogP contribution < -0.4 is 5.32 Å². The van der Waals surface area contributed by atoms with Crippen molar-refractivity contribution in [2.24, 2.45) is 0 Å². The molecular formula is C14H21F2N. The minimum Gasteiger partial charge on any atom is -0.307 e. The van der Waals surface area contributed by atoms with Crippen molar-refractivity contribution in [2.45, 2.75) is 52.1 Å². The van der Waals surface area contributed by atoms with Gasteiger partial charge in [-0.1, -0.05) is 20.3 Å². The first-order valence-electron chi connectivity index (χ1n) is 6.28. The Hall–Kier alpha value is -0.960. The van der Waals surface area contributed by atoms with Gasteiger partial charge in [0, 0.05) is 18.2 Å². The van der Waals surface area contributed by atoms with Crippen molar-refractivity contribution in [3.8, 4) is 0 Å². The van der Waals surface area contributed by atoms with Gasteiger partial charge in [-0.3, -0.25) is 0 Å². The van der Waals surface area contributed by atoms with Gasteiger partial charge in [0.25, 0.3) is 0 Å². The normalized spacial score (nSPS) is 14.6. The highest BCUT2D eigenvalue weighted by atomic mass is 19.1. The van der Waals surface area contributed by atoms with E-state index in [-0.39, 0.29) is 6.04 Å². The Bertz CT molecular complexity index is 332. The molecule has 0 amide bonds. The first-order valence-corrected chi connectivity index (χ1v) is 6.28. The molecule has 0 spiro atoms. The maximum Gasteiger partial charge on any atom is 0.126 e. The lowest BCUT2D eigenvalue weighted by Crippen LogP contribution is -2.30. The number of halogens is 2. The van der Waals surface area contributed by atoms with Crippen LogP contribution in [0.15, 0.2) is 18.2 Å². The zero-order valence-electron chi connectivity index (χ0n) is 10.8. The van der Waals surface area contributed by atoms with E-state index < -0.39 is 11.6 Å². The van der Waals surface area contributed by atoms with E-state index >= 15 is 0 Å². The quantitative estimate of drug-likeness (QED) is 0.787. The molecule has 1 N–H and O–H groups in total. The molecule has 2 atom stereocenters. The van der Waals surface area contributed by atoms with Crippen LogP contribution in [0.25, 0.3) is 0 Å². The molecule has 0 aliphatic carbocycles. The van der Waals surface area contributed by atoms with Crippen LogP contribution in [0.1, 0.15) is 51.6 Å². The van der Waals surface area contributed by atoms with Crippen molar-refractivity contribution in [3.05, 3.63) is 35.4 Å². The SMILES string of the molecule is CCCC(CC)NC(C)c1cc(F)cc(F)c1. The standard InChI is InChI=1S/C14H21F2N/c1-4-6-14(5-2)17-10(3)11-7-12(15)9-13(16)8-11/h7-10,14,17H,4-6H2,1-3H3. The smallest absolute Gasteiger partial charge is 0.126 e. The summed E-state index contributed by atoms with van der Waals surface area (Å²) in [7, 11) is 0. The summed E-state index contributed by atoms with van der Waals surface area (Å²) in [6, 6.07) is 4.05. The zero-order chi connectivity index (χ0) is 12.8. The first-order chi connectivity index (χ1) is 8.06. The Morgan fingerprint density at radius 3 is 2.18 bits per heavy atom. The van der Waals surface area contributed by atoms with Crippen LogP contribution in [0, 0.1) is 11.6 Å². The lowest BCUT2D eigenvalue weighted by molar-refractivity contribution is 0.415. The van der Waals surface area contributed by atoms with E-state index in [0.717, 1.165) is 25.3 Å². The molecule has 3 heteroatoms. The lowest BCUT2D eigenvalue weighted by Gasteiger charge is -2.22.